The summed E-state index contributed by atoms with van der Waals surface area (Å²) in [7, 11) is 0. The fourth-order valence-electron chi connectivity index (χ4n) is 1.78. The summed E-state index contributed by atoms with van der Waals surface area (Å²) in [6.07, 6.45) is 5.33. The lowest BCUT2D eigenvalue weighted by atomic mass is 10.1. The number of nitrogen functional groups attached to an aromatic ring is 1. The van der Waals surface area contributed by atoms with Gasteiger partial charge in [0.1, 0.15) is 0 Å². The summed E-state index contributed by atoms with van der Waals surface area (Å²) in [6, 6.07) is 12.4. The molecule has 0 fully saturated rings. The van der Waals surface area contributed by atoms with Crippen molar-refractivity contribution in [2.45, 2.75) is 6.92 Å². The normalized spacial score (nSPS) is 9.68. The van der Waals surface area contributed by atoms with Crippen LogP contribution in [0.4, 0.5) is 11.4 Å². The minimum absolute atomic E-state index is 0.195. The minimum atomic E-state index is -0.195. The molecule has 3 heteroatoms. The second kappa shape index (κ2) is 5.28. The van der Waals surface area contributed by atoms with Crippen LogP contribution in [0, 0.1) is 19.3 Å². The Morgan fingerprint density at radius 2 is 2.00 bits per heavy atom. The van der Waals surface area contributed by atoms with Gasteiger partial charge in [-0.2, -0.15) is 0 Å². The zero-order valence-electron chi connectivity index (χ0n) is 10.6. The SMILES string of the molecule is C#Cc1cccc(NC(=O)c2cccc(N)c2C)c1. The van der Waals surface area contributed by atoms with E-state index in [2.05, 4.69) is 11.2 Å². The Hall–Kier alpha value is -2.73. The van der Waals surface area contributed by atoms with Crippen molar-refractivity contribution in [1.29, 1.82) is 0 Å². The molecular formula is C16H14N2O. The molecule has 3 nitrogen and oxygen atoms in total. The van der Waals surface area contributed by atoms with Crippen LogP contribution in [0.15, 0.2) is 42.5 Å². The monoisotopic (exact) mass is 250 g/mol. The number of nitrogens with one attached hydrogen (secondary N) is 1. The summed E-state index contributed by atoms with van der Waals surface area (Å²) >= 11 is 0. The van der Waals surface area contributed by atoms with Crippen molar-refractivity contribution in [1.82, 2.24) is 0 Å². The Labute approximate surface area is 112 Å². The average molecular weight is 250 g/mol. The van der Waals surface area contributed by atoms with E-state index >= 15 is 0 Å². The van der Waals surface area contributed by atoms with E-state index in [0.29, 0.717) is 16.9 Å². The third kappa shape index (κ3) is 2.75. The van der Waals surface area contributed by atoms with Crippen LogP contribution in [0.25, 0.3) is 0 Å². The molecular weight excluding hydrogens is 236 g/mol. The van der Waals surface area contributed by atoms with Crippen molar-refractivity contribution >= 4 is 17.3 Å². The number of carbonyl (C=O) groups is 1. The lowest BCUT2D eigenvalue weighted by Crippen LogP contribution is -2.14. The highest BCUT2D eigenvalue weighted by molar-refractivity contribution is 6.06. The third-order valence-electron chi connectivity index (χ3n) is 2.91. The summed E-state index contributed by atoms with van der Waals surface area (Å²) < 4.78 is 0. The molecule has 0 heterocycles. The fraction of sp³-hybridized carbons (Fsp3) is 0.0625. The molecule has 0 aliphatic carbocycles. The molecule has 0 aliphatic heterocycles. The summed E-state index contributed by atoms with van der Waals surface area (Å²) in [5, 5.41) is 2.81. The number of carbonyl (C=O) groups excluding carboxylic acids is 1. The maximum atomic E-state index is 12.2. The zero-order chi connectivity index (χ0) is 13.8. The van der Waals surface area contributed by atoms with E-state index in [0.717, 1.165) is 11.1 Å². The zero-order valence-corrected chi connectivity index (χ0v) is 10.6. The van der Waals surface area contributed by atoms with Crippen molar-refractivity contribution in [3.05, 3.63) is 59.2 Å². The molecule has 0 radical (unpaired) electrons. The molecule has 0 saturated carbocycles. The average Bonchev–Trinajstić information content (AvgIpc) is 2.42. The standard InChI is InChI=1S/C16H14N2O/c1-3-12-6-4-7-13(10-12)18-16(19)14-8-5-9-15(17)11(14)2/h1,4-10H,17H2,2H3,(H,18,19). The molecule has 0 spiro atoms. The topological polar surface area (TPSA) is 55.1 Å². The smallest absolute Gasteiger partial charge is 0.256 e. The number of benzene rings is 2. The maximum Gasteiger partial charge on any atom is 0.256 e. The van der Waals surface area contributed by atoms with Gasteiger partial charge in [0.05, 0.1) is 0 Å². The Morgan fingerprint density at radius 1 is 1.26 bits per heavy atom. The van der Waals surface area contributed by atoms with Gasteiger partial charge in [0, 0.05) is 22.5 Å². The van der Waals surface area contributed by atoms with Gasteiger partial charge in [-0.1, -0.05) is 18.1 Å². The summed E-state index contributed by atoms with van der Waals surface area (Å²) in [5.41, 5.74) is 9.12. The van der Waals surface area contributed by atoms with Crippen molar-refractivity contribution < 1.29 is 4.79 Å². The highest BCUT2D eigenvalue weighted by Crippen LogP contribution is 2.17. The Morgan fingerprint density at radius 3 is 2.74 bits per heavy atom. The lowest BCUT2D eigenvalue weighted by molar-refractivity contribution is 0.102. The van der Waals surface area contributed by atoms with Crippen molar-refractivity contribution in [3.63, 3.8) is 0 Å². The van der Waals surface area contributed by atoms with E-state index in [9.17, 15) is 4.79 Å². The predicted octanol–water partition coefficient (Wildman–Crippen LogP) is 2.81. The highest BCUT2D eigenvalue weighted by atomic mass is 16.1. The molecule has 0 saturated heterocycles. The van der Waals surface area contributed by atoms with Gasteiger partial charge in [0.2, 0.25) is 0 Å². The molecule has 2 rings (SSSR count). The first kappa shape index (κ1) is 12.7. The second-order valence-electron chi connectivity index (χ2n) is 4.20. The van der Waals surface area contributed by atoms with E-state index in [4.69, 9.17) is 12.2 Å². The van der Waals surface area contributed by atoms with Crippen molar-refractivity contribution in [2.75, 3.05) is 11.1 Å². The Bertz CT molecular complexity index is 669. The minimum Gasteiger partial charge on any atom is -0.398 e. The molecule has 2 aromatic rings. The molecule has 0 aliphatic rings. The second-order valence-corrected chi connectivity index (χ2v) is 4.20. The number of nitrogens with two attached hydrogens (primary N) is 1. The highest BCUT2D eigenvalue weighted by Gasteiger charge is 2.10. The van der Waals surface area contributed by atoms with Crippen LogP contribution in [0.1, 0.15) is 21.5 Å². The summed E-state index contributed by atoms with van der Waals surface area (Å²) in [4.78, 5) is 12.2. The number of anilines is 2. The van der Waals surface area contributed by atoms with Crippen LogP contribution in [0.2, 0.25) is 0 Å². The van der Waals surface area contributed by atoms with Gasteiger partial charge in [-0.3, -0.25) is 4.79 Å². The molecule has 3 N–H and O–H groups in total. The van der Waals surface area contributed by atoms with E-state index < -0.39 is 0 Å². The van der Waals surface area contributed by atoms with Crippen LogP contribution >= 0.6 is 0 Å². The Kier molecular flexibility index (Phi) is 3.53. The first-order valence-corrected chi connectivity index (χ1v) is 5.85. The van der Waals surface area contributed by atoms with E-state index in [-0.39, 0.29) is 5.91 Å². The number of hydrogen-bond acceptors (Lipinski definition) is 2. The molecule has 2 aromatic carbocycles. The third-order valence-corrected chi connectivity index (χ3v) is 2.91. The number of hydrogen-bond donors (Lipinski definition) is 2. The first-order valence-electron chi connectivity index (χ1n) is 5.85. The largest absolute Gasteiger partial charge is 0.398 e. The van der Waals surface area contributed by atoms with Gasteiger partial charge < -0.3 is 11.1 Å². The van der Waals surface area contributed by atoms with Crippen LogP contribution in [-0.4, -0.2) is 5.91 Å². The van der Waals surface area contributed by atoms with Gasteiger partial charge in [-0.15, -0.1) is 6.42 Å². The van der Waals surface area contributed by atoms with Crippen molar-refractivity contribution in [2.24, 2.45) is 0 Å². The van der Waals surface area contributed by atoms with Crippen molar-refractivity contribution in [3.8, 4) is 12.3 Å². The van der Waals surface area contributed by atoms with Crippen LogP contribution in [-0.2, 0) is 0 Å². The molecule has 0 bridgehead atoms. The van der Waals surface area contributed by atoms with E-state index in [1.165, 1.54) is 0 Å². The van der Waals surface area contributed by atoms with Crippen LogP contribution in [0.5, 0.6) is 0 Å². The fourth-order valence-corrected chi connectivity index (χ4v) is 1.78. The number of amides is 1. The summed E-state index contributed by atoms with van der Waals surface area (Å²) in [5.74, 6) is 2.33. The predicted molar refractivity (Wildman–Crippen MR) is 77.9 cm³/mol. The quantitative estimate of drug-likeness (QED) is 0.636. The van der Waals surface area contributed by atoms with Gasteiger partial charge in [-0.25, -0.2) is 0 Å². The van der Waals surface area contributed by atoms with Gasteiger partial charge in [0.25, 0.3) is 5.91 Å². The summed E-state index contributed by atoms with van der Waals surface area (Å²) in [6.45, 7) is 1.82. The van der Waals surface area contributed by atoms with Gasteiger partial charge in [-0.05, 0) is 42.8 Å². The molecule has 19 heavy (non-hydrogen) atoms. The molecule has 0 aromatic heterocycles. The molecule has 0 unspecified atom stereocenters. The van der Waals surface area contributed by atoms with E-state index in [1.54, 1.807) is 42.5 Å². The molecule has 0 atom stereocenters. The molecule has 1 amide bonds. The maximum absolute atomic E-state index is 12.2. The van der Waals surface area contributed by atoms with Crippen LogP contribution < -0.4 is 11.1 Å². The molecule has 94 valence electrons. The van der Waals surface area contributed by atoms with Crippen LogP contribution in [0.3, 0.4) is 0 Å². The lowest BCUT2D eigenvalue weighted by Gasteiger charge is -2.09. The van der Waals surface area contributed by atoms with Gasteiger partial charge >= 0.3 is 0 Å². The number of rotatable bonds is 2. The Balaban J connectivity index is 2.26. The van der Waals surface area contributed by atoms with E-state index in [1.807, 2.05) is 6.92 Å². The van der Waals surface area contributed by atoms with Gasteiger partial charge in [0.15, 0.2) is 0 Å². The first-order chi connectivity index (χ1) is 9.11. The number of terminal acetylenes is 1.